The minimum absolute atomic E-state index is 0.0799. The van der Waals surface area contributed by atoms with Crippen molar-refractivity contribution in [1.82, 2.24) is 5.34 Å². The maximum Gasteiger partial charge on any atom is 0.212 e. The fraction of sp³-hybridized carbons (Fsp3) is 1.00. The van der Waals surface area contributed by atoms with E-state index in [4.69, 9.17) is 0 Å². The number of hydrogen-bond acceptors (Lipinski definition) is 1. The first-order valence-corrected chi connectivity index (χ1v) is 2.93. The molecule has 0 aliphatic rings. The average molecular weight is 141 g/mol. The van der Waals surface area contributed by atoms with Crippen LogP contribution >= 0.6 is 0 Å². The molecule has 0 saturated heterocycles. The second-order valence-corrected chi connectivity index (χ2v) is 1.84. The Labute approximate surface area is 52.3 Å². The predicted octanol–water partition coefficient (Wildman–Crippen LogP) is 2.54. The first kappa shape index (κ1) is 8.75. The van der Waals surface area contributed by atoms with E-state index in [1.807, 2.05) is 6.92 Å². The highest BCUT2D eigenvalue weighted by molar-refractivity contribution is 4.44. The first-order valence-electron chi connectivity index (χ1n) is 2.93. The van der Waals surface area contributed by atoms with Gasteiger partial charge in [0.25, 0.3) is 0 Å². The molecule has 0 aromatic carbocycles. The van der Waals surface area contributed by atoms with Crippen molar-refractivity contribution in [2.45, 2.75) is 32.5 Å². The fourth-order valence-electron chi connectivity index (χ4n) is 0.470. The first-order chi connectivity index (χ1) is 4.18. The van der Waals surface area contributed by atoms with Gasteiger partial charge in [-0.25, -0.2) is 4.39 Å². The molecule has 0 rings (SSSR count). The summed E-state index contributed by atoms with van der Waals surface area (Å²) < 4.78 is 34.3. The summed E-state index contributed by atoms with van der Waals surface area (Å²) in [6.45, 7) is 1.83. The molecule has 0 bridgehead atoms. The van der Waals surface area contributed by atoms with E-state index in [0.717, 1.165) is 6.42 Å². The number of hydrogen-bond donors (Lipinski definition) is 0. The van der Waals surface area contributed by atoms with Crippen LogP contribution in [0.5, 0.6) is 0 Å². The Bertz CT molecular complexity index is 67.2. The van der Waals surface area contributed by atoms with Crippen LogP contribution in [0.3, 0.4) is 0 Å². The lowest BCUT2D eigenvalue weighted by molar-refractivity contribution is -0.225. The van der Waals surface area contributed by atoms with Gasteiger partial charge >= 0.3 is 0 Å². The van der Waals surface area contributed by atoms with Crippen LogP contribution in [0, 0.1) is 0 Å². The Morgan fingerprint density at radius 1 is 1.44 bits per heavy atom. The SMILES string of the molecule is CCCCC(F)N(F)F. The van der Waals surface area contributed by atoms with Crippen LogP contribution in [-0.4, -0.2) is 11.6 Å². The third kappa shape index (κ3) is 4.27. The lowest BCUT2D eigenvalue weighted by Crippen LogP contribution is -2.14. The maximum absolute atomic E-state index is 11.9. The Kier molecular flexibility index (Phi) is 4.48. The number of halogens is 3. The second-order valence-electron chi connectivity index (χ2n) is 1.84. The van der Waals surface area contributed by atoms with E-state index in [1.165, 1.54) is 0 Å². The molecular weight excluding hydrogens is 131 g/mol. The Morgan fingerprint density at radius 2 is 2.00 bits per heavy atom. The quantitative estimate of drug-likeness (QED) is 0.429. The van der Waals surface area contributed by atoms with Crippen LogP contribution in [0.25, 0.3) is 0 Å². The number of alkyl halides is 1. The fourth-order valence-corrected chi connectivity index (χ4v) is 0.470. The molecular formula is C5H10F3N. The Hall–Kier alpha value is -0.250. The van der Waals surface area contributed by atoms with E-state index < -0.39 is 11.6 Å². The minimum Gasteiger partial charge on any atom is -0.224 e. The Morgan fingerprint density at radius 3 is 2.33 bits per heavy atom. The van der Waals surface area contributed by atoms with E-state index >= 15 is 0 Å². The highest BCUT2D eigenvalue weighted by Crippen LogP contribution is 2.10. The standard InChI is InChI=1S/C5H10F3N/c1-2-3-4-5(6)9(7)8/h5H,2-4H2,1H3. The zero-order valence-corrected chi connectivity index (χ0v) is 5.28. The van der Waals surface area contributed by atoms with Gasteiger partial charge in [-0.15, -0.1) is 0 Å². The van der Waals surface area contributed by atoms with Crippen LogP contribution < -0.4 is 0 Å². The number of nitrogens with zero attached hydrogens (tertiary/aromatic N) is 1. The molecule has 56 valence electrons. The van der Waals surface area contributed by atoms with Gasteiger partial charge in [0.2, 0.25) is 6.30 Å². The van der Waals surface area contributed by atoms with Crippen molar-refractivity contribution in [1.29, 1.82) is 0 Å². The van der Waals surface area contributed by atoms with Gasteiger partial charge in [0.1, 0.15) is 0 Å². The molecule has 0 radical (unpaired) electrons. The summed E-state index contributed by atoms with van der Waals surface area (Å²) in [6.07, 6.45) is -0.909. The lowest BCUT2D eigenvalue weighted by Gasteiger charge is -2.04. The molecule has 0 amide bonds. The largest absolute Gasteiger partial charge is 0.224 e. The molecule has 1 nitrogen and oxygen atoms in total. The summed E-state index contributed by atoms with van der Waals surface area (Å²) in [5, 5.41) is -1.39. The molecule has 1 atom stereocenters. The monoisotopic (exact) mass is 141 g/mol. The summed E-state index contributed by atoms with van der Waals surface area (Å²) in [5.74, 6) is 0. The van der Waals surface area contributed by atoms with E-state index in [1.54, 1.807) is 0 Å². The van der Waals surface area contributed by atoms with Gasteiger partial charge in [-0.2, -0.15) is 0 Å². The molecule has 0 aliphatic carbocycles. The molecule has 0 N–H and O–H groups in total. The Balaban J connectivity index is 3.16. The van der Waals surface area contributed by atoms with Gasteiger partial charge in [-0.05, 0) is 12.8 Å². The van der Waals surface area contributed by atoms with Gasteiger partial charge in [-0.3, -0.25) is 0 Å². The molecule has 0 fully saturated rings. The van der Waals surface area contributed by atoms with E-state index in [2.05, 4.69) is 0 Å². The van der Waals surface area contributed by atoms with Crippen molar-refractivity contribution in [2.75, 3.05) is 0 Å². The van der Waals surface area contributed by atoms with Crippen molar-refractivity contribution >= 4 is 0 Å². The van der Waals surface area contributed by atoms with E-state index in [-0.39, 0.29) is 6.42 Å². The maximum atomic E-state index is 11.9. The lowest BCUT2D eigenvalue weighted by atomic mass is 10.2. The van der Waals surface area contributed by atoms with Crippen LogP contribution in [0.15, 0.2) is 0 Å². The summed E-state index contributed by atoms with van der Waals surface area (Å²) in [4.78, 5) is 0. The molecule has 0 saturated carbocycles. The van der Waals surface area contributed by atoms with Gasteiger partial charge < -0.3 is 0 Å². The third-order valence-electron chi connectivity index (χ3n) is 1.01. The van der Waals surface area contributed by atoms with Crippen molar-refractivity contribution in [3.63, 3.8) is 0 Å². The highest BCUT2D eigenvalue weighted by Gasteiger charge is 2.14. The smallest absolute Gasteiger partial charge is 0.212 e. The van der Waals surface area contributed by atoms with Crippen LogP contribution in [0.4, 0.5) is 13.4 Å². The van der Waals surface area contributed by atoms with Gasteiger partial charge in [0.05, 0.1) is 5.34 Å². The van der Waals surface area contributed by atoms with Crippen molar-refractivity contribution in [2.24, 2.45) is 0 Å². The van der Waals surface area contributed by atoms with E-state index in [0.29, 0.717) is 6.42 Å². The van der Waals surface area contributed by atoms with Crippen molar-refractivity contribution < 1.29 is 13.4 Å². The molecule has 0 heterocycles. The van der Waals surface area contributed by atoms with Crippen LogP contribution in [-0.2, 0) is 0 Å². The van der Waals surface area contributed by atoms with Gasteiger partial charge in [0.15, 0.2) is 0 Å². The van der Waals surface area contributed by atoms with Crippen LogP contribution in [0.2, 0.25) is 0 Å². The average Bonchev–Trinajstić information content (AvgIpc) is 1.82. The molecule has 9 heavy (non-hydrogen) atoms. The normalized spacial score (nSPS) is 14.3. The third-order valence-corrected chi connectivity index (χ3v) is 1.01. The minimum atomic E-state index is -2.08. The zero-order valence-electron chi connectivity index (χ0n) is 5.28. The molecule has 0 aliphatic heterocycles. The predicted molar refractivity (Wildman–Crippen MR) is 28.5 cm³/mol. The summed E-state index contributed by atoms with van der Waals surface area (Å²) >= 11 is 0. The molecule has 0 aromatic heterocycles. The zero-order chi connectivity index (χ0) is 7.28. The molecule has 1 unspecified atom stereocenters. The van der Waals surface area contributed by atoms with Crippen molar-refractivity contribution in [3.8, 4) is 0 Å². The summed E-state index contributed by atoms with van der Waals surface area (Å²) in [5.41, 5.74) is 0. The molecule has 0 spiro atoms. The van der Waals surface area contributed by atoms with E-state index in [9.17, 15) is 13.4 Å². The summed E-state index contributed by atoms with van der Waals surface area (Å²) in [7, 11) is 0. The number of rotatable bonds is 4. The number of unbranched alkanes of at least 4 members (excludes halogenated alkanes) is 1. The molecule has 0 aromatic rings. The highest BCUT2D eigenvalue weighted by atomic mass is 19.4. The van der Waals surface area contributed by atoms with Crippen LogP contribution in [0.1, 0.15) is 26.2 Å². The topological polar surface area (TPSA) is 3.24 Å². The van der Waals surface area contributed by atoms with Gasteiger partial charge in [0, 0.05) is 0 Å². The second kappa shape index (κ2) is 4.61. The van der Waals surface area contributed by atoms with Gasteiger partial charge in [-0.1, -0.05) is 22.3 Å². The van der Waals surface area contributed by atoms with Crippen molar-refractivity contribution in [3.05, 3.63) is 0 Å². The molecule has 4 heteroatoms. The summed E-state index contributed by atoms with van der Waals surface area (Å²) in [6, 6.07) is 0.